The normalized spacial score (nSPS) is 22.6. The summed E-state index contributed by atoms with van der Waals surface area (Å²) in [6.45, 7) is 2.30. The van der Waals surface area contributed by atoms with Crippen LogP contribution in [-0.4, -0.2) is 0 Å². The first-order valence-electron chi connectivity index (χ1n) is 10.3. The molecule has 0 unspecified atom stereocenters. The molecule has 0 heterocycles. The number of fused-ring (bicyclic) bond motifs is 1. The fraction of sp³-hybridized carbons (Fsp3) is 0.440. The molecule has 0 aliphatic heterocycles. The number of aryl methyl sites for hydroxylation is 1. The molecule has 1 heteroatoms. The van der Waals surface area contributed by atoms with Crippen molar-refractivity contribution in [3.63, 3.8) is 0 Å². The Labute approximate surface area is 157 Å². The maximum atomic E-state index is 13.5. The van der Waals surface area contributed by atoms with E-state index in [9.17, 15) is 4.39 Å². The lowest BCUT2D eigenvalue weighted by Gasteiger charge is -2.28. The molecule has 0 saturated heterocycles. The average molecular weight is 349 g/mol. The van der Waals surface area contributed by atoms with Crippen molar-refractivity contribution in [1.82, 2.24) is 0 Å². The fourth-order valence-electron chi connectivity index (χ4n) is 4.85. The molecule has 0 N–H and O–H groups in total. The first-order valence-corrected chi connectivity index (χ1v) is 10.3. The average Bonchev–Trinajstić information content (AvgIpc) is 2.68. The summed E-state index contributed by atoms with van der Waals surface area (Å²) >= 11 is 0. The summed E-state index contributed by atoms with van der Waals surface area (Å²) < 4.78 is 13.5. The van der Waals surface area contributed by atoms with Gasteiger partial charge in [0.1, 0.15) is 5.82 Å². The molecular formula is C25H29F. The van der Waals surface area contributed by atoms with Crippen LogP contribution in [0.1, 0.15) is 80.0 Å². The van der Waals surface area contributed by atoms with Crippen molar-refractivity contribution in [3.05, 3.63) is 70.5 Å². The second kappa shape index (κ2) is 7.78. The van der Waals surface area contributed by atoms with E-state index in [-0.39, 0.29) is 5.82 Å². The highest BCUT2D eigenvalue weighted by molar-refractivity contribution is 5.84. The standard InChI is InChI=1S/C25H29F/c1-2-3-18-4-6-19(7-5-18)20-8-10-21(11-9-20)23-13-12-22-14-15-25(26)17-24(22)16-23/h8-11,14-19H,2-7,12-13H2,1H3. The predicted molar refractivity (Wildman–Crippen MR) is 109 cm³/mol. The van der Waals surface area contributed by atoms with Gasteiger partial charge in [0.25, 0.3) is 0 Å². The van der Waals surface area contributed by atoms with E-state index in [1.165, 1.54) is 60.8 Å². The van der Waals surface area contributed by atoms with Crippen molar-refractivity contribution in [2.45, 2.75) is 64.2 Å². The van der Waals surface area contributed by atoms with Crippen molar-refractivity contribution in [3.8, 4) is 0 Å². The van der Waals surface area contributed by atoms with Gasteiger partial charge in [-0.25, -0.2) is 4.39 Å². The summed E-state index contributed by atoms with van der Waals surface area (Å²) in [7, 11) is 0. The van der Waals surface area contributed by atoms with Gasteiger partial charge in [0.15, 0.2) is 0 Å². The number of halogens is 1. The number of rotatable bonds is 4. The Bertz CT molecular complexity index is 776. The van der Waals surface area contributed by atoms with Crippen LogP contribution in [-0.2, 0) is 6.42 Å². The zero-order valence-corrected chi connectivity index (χ0v) is 15.8. The molecule has 4 rings (SSSR count). The van der Waals surface area contributed by atoms with Gasteiger partial charge in [0.05, 0.1) is 0 Å². The van der Waals surface area contributed by atoms with Crippen molar-refractivity contribution in [1.29, 1.82) is 0 Å². The highest BCUT2D eigenvalue weighted by Gasteiger charge is 2.22. The molecule has 26 heavy (non-hydrogen) atoms. The third-order valence-corrected chi connectivity index (χ3v) is 6.40. The maximum absolute atomic E-state index is 13.5. The largest absolute Gasteiger partial charge is 0.207 e. The van der Waals surface area contributed by atoms with Crippen molar-refractivity contribution in [2.75, 3.05) is 0 Å². The van der Waals surface area contributed by atoms with Gasteiger partial charge in [-0.15, -0.1) is 0 Å². The topological polar surface area (TPSA) is 0 Å². The Morgan fingerprint density at radius 3 is 2.42 bits per heavy atom. The Balaban J connectivity index is 1.47. The lowest BCUT2D eigenvalue weighted by atomic mass is 9.77. The first-order chi connectivity index (χ1) is 12.7. The van der Waals surface area contributed by atoms with Crippen LogP contribution in [0.2, 0.25) is 0 Å². The molecule has 2 aromatic carbocycles. The molecule has 1 fully saturated rings. The van der Waals surface area contributed by atoms with Crippen LogP contribution in [0.3, 0.4) is 0 Å². The van der Waals surface area contributed by atoms with Gasteiger partial charge in [0.2, 0.25) is 0 Å². The Kier molecular flexibility index (Phi) is 5.24. The summed E-state index contributed by atoms with van der Waals surface area (Å²) in [4.78, 5) is 0. The van der Waals surface area contributed by atoms with Crippen LogP contribution in [0.4, 0.5) is 4.39 Å². The van der Waals surface area contributed by atoms with Gasteiger partial charge in [-0.2, -0.15) is 0 Å². The zero-order valence-electron chi connectivity index (χ0n) is 15.8. The second-order valence-electron chi connectivity index (χ2n) is 8.14. The van der Waals surface area contributed by atoms with Gasteiger partial charge in [-0.05, 0) is 90.3 Å². The molecule has 2 aliphatic rings. The van der Waals surface area contributed by atoms with E-state index in [0.717, 1.165) is 30.2 Å². The lowest BCUT2D eigenvalue weighted by Crippen LogP contribution is -2.13. The van der Waals surface area contributed by atoms with E-state index in [1.54, 1.807) is 12.1 Å². The van der Waals surface area contributed by atoms with Crippen molar-refractivity contribution in [2.24, 2.45) is 5.92 Å². The van der Waals surface area contributed by atoms with Crippen LogP contribution < -0.4 is 0 Å². The molecule has 2 aliphatic carbocycles. The molecule has 136 valence electrons. The summed E-state index contributed by atoms with van der Waals surface area (Å²) in [6, 6.07) is 14.4. The Morgan fingerprint density at radius 2 is 1.69 bits per heavy atom. The van der Waals surface area contributed by atoms with E-state index in [4.69, 9.17) is 0 Å². The van der Waals surface area contributed by atoms with E-state index in [2.05, 4.69) is 37.3 Å². The van der Waals surface area contributed by atoms with Crippen LogP contribution in [0.15, 0.2) is 42.5 Å². The van der Waals surface area contributed by atoms with Crippen molar-refractivity contribution < 1.29 is 4.39 Å². The lowest BCUT2D eigenvalue weighted by molar-refractivity contribution is 0.308. The Hall–Kier alpha value is -1.89. The third kappa shape index (κ3) is 3.77. The highest BCUT2D eigenvalue weighted by atomic mass is 19.1. The third-order valence-electron chi connectivity index (χ3n) is 6.40. The zero-order chi connectivity index (χ0) is 17.9. The van der Waals surface area contributed by atoms with E-state index < -0.39 is 0 Å². The summed E-state index contributed by atoms with van der Waals surface area (Å²) in [6.07, 6.45) is 12.4. The van der Waals surface area contributed by atoms with Gasteiger partial charge in [-0.3, -0.25) is 0 Å². The molecule has 0 nitrogen and oxygen atoms in total. The van der Waals surface area contributed by atoms with Crippen LogP contribution in [0.25, 0.3) is 11.6 Å². The van der Waals surface area contributed by atoms with Gasteiger partial charge < -0.3 is 0 Å². The molecule has 0 aromatic heterocycles. The monoisotopic (exact) mass is 348 g/mol. The molecule has 0 amide bonds. The smallest absolute Gasteiger partial charge is 0.123 e. The van der Waals surface area contributed by atoms with Gasteiger partial charge in [0, 0.05) is 0 Å². The predicted octanol–water partition coefficient (Wildman–Crippen LogP) is 7.39. The molecule has 2 aromatic rings. The van der Waals surface area contributed by atoms with Gasteiger partial charge in [-0.1, -0.05) is 56.2 Å². The van der Waals surface area contributed by atoms with E-state index in [0.29, 0.717) is 0 Å². The first kappa shape index (κ1) is 17.5. The molecule has 1 saturated carbocycles. The number of benzene rings is 2. The fourth-order valence-corrected chi connectivity index (χ4v) is 4.85. The van der Waals surface area contributed by atoms with Crippen LogP contribution in [0.5, 0.6) is 0 Å². The quantitative estimate of drug-likeness (QED) is 0.540. The second-order valence-corrected chi connectivity index (χ2v) is 8.14. The minimum absolute atomic E-state index is 0.143. The minimum atomic E-state index is -0.143. The summed E-state index contributed by atoms with van der Waals surface area (Å²) in [5.41, 5.74) is 6.44. The highest BCUT2D eigenvalue weighted by Crippen LogP contribution is 2.38. The molecular weight excluding hydrogens is 319 g/mol. The number of hydrogen-bond donors (Lipinski definition) is 0. The number of hydrogen-bond acceptors (Lipinski definition) is 0. The molecule has 0 atom stereocenters. The van der Waals surface area contributed by atoms with E-state index in [1.807, 2.05) is 6.07 Å². The van der Waals surface area contributed by atoms with Crippen LogP contribution >= 0.6 is 0 Å². The summed E-state index contributed by atoms with van der Waals surface area (Å²) in [5, 5.41) is 0. The SMILES string of the molecule is CCCC1CCC(c2ccc(C3=Cc4cc(F)ccc4CC3)cc2)CC1. The maximum Gasteiger partial charge on any atom is 0.123 e. The summed E-state index contributed by atoms with van der Waals surface area (Å²) in [5.74, 6) is 1.56. The van der Waals surface area contributed by atoms with Crippen molar-refractivity contribution >= 4 is 11.6 Å². The van der Waals surface area contributed by atoms with Gasteiger partial charge >= 0.3 is 0 Å². The number of allylic oxidation sites excluding steroid dienone is 1. The molecule has 0 spiro atoms. The molecule has 0 radical (unpaired) electrons. The minimum Gasteiger partial charge on any atom is -0.207 e. The van der Waals surface area contributed by atoms with E-state index >= 15 is 0 Å². The Morgan fingerprint density at radius 1 is 0.923 bits per heavy atom. The molecule has 0 bridgehead atoms. The van der Waals surface area contributed by atoms with Crippen LogP contribution in [0, 0.1) is 11.7 Å².